The summed E-state index contributed by atoms with van der Waals surface area (Å²) >= 11 is 0. The van der Waals surface area contributed by atoms with Gasteiger partial charge in [0.05, 0.1) is 23.5 Å². The zero-order chi connectivity index (χ0) is 49.2. The number of urea groups is 1. The number of primary sulfonamides is 1. The van der Waals surface area contributed by atoms with Crippen molar-refractivity contribution in [3.8, 4) is 12.0 Å². The molecule has 0 spiro atoms. The Labute approximate surface area is 379 Å². The molecule has 2 aromatic carbocycles. The highest BCUT2D eigenvalue weighted by Gasteiger charge is 2.27. The Bertz CT molecular complexity index is 2420. The van der Waals surface area contributed by atoms with Crippen LogP contribution in [0.15, 0.2) is 46.5 Å². The Balaban J connectivity index is 0.000000368. The number of ether oxygens (including phenoxy) is 1. The van der Waals surface area contributed by atoms with Crippen LogP contribution in [-0.4, -0.2) is 80.4 Å². The van der Waals surface area contributed by atoms with E-state index in [1.807, 2.05) is 112 Å². The number of aryl methyl sites for hydroxylation is 2. The number of anilines is 1. The molecular weight excluding hydrogens is 867 g/mol. The van der Waals surface area contributed by atoms with Gasteiger partial charge in [-0.25, -0.2) is 31.9 Å². The molecule has 0 aliphatic carbocycles. The average Bonchev–Trinajstić information content (AvgIpc) is 3.76. The summed E-state index contributed by atoms with van der Waals surface area (Å²) in [6.45, 7) is 19.3. The molecule has 0 radical (unpaired) electrons. The van der Waals surface area contributed by atoms with E-state index in [1.54, 1.807) is 25.0 Å². The second kappa shape index (κ2) is 23.3. The average molecular weight is 935 g/mol. The number of rotatable bonds is 15. The standard InChI is InChI=1S/C22H34FN5O3S.C13H16FNO.C9H18N4O2S/c1-9-18(27(6)7)19-12-20(25-28(19)8)32(30,31)26-22(29)24-21-16(13(2)3)10-15(23)11-17(21)14(4)5;1-8(2)11-5-10(14)6-12(9(3)4)13(11)16-7-15;1-5-7(12(2)3)8-6-9(11-13(8)4)16(10,14)15/h10-14,18H,9H2,1-8H3,(H2,24,26,29);5-6,8-9H,1-4H3;6-7H,5H2,1-4H3,(H2,10,14,15). The Morgan fingerprint density at radius 2 is 1.08 bits per heavy atom. The van der Waals surface area contributed by atoms with Gasteiger partial charge >= 0.3 is 6.03 Å². The highest BCUT2D eigenvalue weighted by molar-refractivity contribution is 7.90. The molecule has 2 unspecified atom stereocenters. The fourth-order valence-electron chi connectivity index (χ4n) is 7.16. The van der Waals surface area contributed by atoms with Crippen LogP contribution in [-0.2, 0) is 34.1 Å². The third kappa shape index (κ3) is 14.5. The van der Waals surface area contributed by atoms with Crippen LogP contribution in [0.5, 0.6) is 5.75 Å². The molecule has 0 fully saturated rings. The summed E-state index contributed by atoms with van der Waals surface area (Å²) in [7, 11) is 3.15. The highest BCUT2D eigenvalue weighted by Crippen LogP contribution is 2.36. The molecule has 2 heterocycles. The lowest BCUT2D eigenvalue weighted by molar-refractivity contribution is 0.256. The predicted octanol–water partition coefficient (Wildman–Crippen LogP) is 8.34. The molecule has 4 aromatic rings. The smallest absolute Gasteiger partial charge is 0.333 e. The number of hydrogen-bond donors (Lipinski definition) is 3. The van der Waals surface area contributed by atoms with Crippen LogP contribution in [0.2, 0.25) is 0 Å². The maximum absolute atomic E-state index is 14.1. The van der Waals surface area contributed by atoms with E-state index in [-0.39, 0.29) is 51.6 Å². The van der Waals surface area contributed by atoms with Crippen LogP contribution in [0.3, 0.4) is 0 Å². The molecule has 0 aliphatic rings. The largest absolute Gasteiger partial charge is 0.387 e. The normalized spacial score (nSPS) is 12.8. The number of carbonyl (C=O) groups excluding carboxylic acids is 1. The Morgan fingerprint density at radius 1 is 0.719 bits per heavy atom. The molecular formula is C44H68F2N10O6S2. The van der Waals surface area contributed by atoms with E-state index in [2.05, 4.69) is 15.5 Å². The minimum absolute atomic E-state index is 0.0216. The lowest BCUT2D eigenvalue weighted by atomic mass is 9.92. The zero-order valence-corrected chi connectivity index (χ0v) is 41.7. The molecule has 2 amide bonds. The molecule has 356 valence electrons. The second-order valence-corrected chi connectivity index (χ2v) is 20.3. The van der Waals surface area contributed by atoms with Gasteiger partial charge in [0.15, 0.2) is 10.1 Å². The van der Waals surface area contributed by atoms with Gasteiger partial charge in [-0.3, -0.25) is 9.36 Å². The maximum atomic E-state index is 14.1. The minimum atomic E-state index is -4.21. The fourth-order valence-corrected chi connectivity index (χ4v) is 8.58. The maximum Gasteiger partial charge on any atom is 0.333 e. The third-order valence-electron chi connectivity index (χ3n) is 10.4. The second-order valence-electron chi connectivity index (χ2n) is 17.1. The fraction of sp³-hybridized carbons (Fsp3) is 0.545. The number of halogens is 2. The van der Waals surface area contributed by atoms with E-state index < -0.39 is 31.9 Å². The SMILES string of the molecule is CC(C)c1cc(F)cc(C(C)C)c1OC#N.CCC(c1cc(S(=O)(=O)NC(=O)Nc2c(C(C)C)cc(F)cc2C(C)C)nn1C)N(C)C.CCC(c1cc(S(N)(=O)=O)nn1C)N(C)C. The first-order valence-electron chi connectivity index (χ1n) is 21.0. The monoisotopic (exact) mass is 934 g/mol. The van der Waals surface area contributed by atoms with Crippen molar-refractivity contribution in [2.24, 2.45) is 19.2 Å². The molecule has 16 nitrogen and oxygen atoms in total. The molecule has 4 rings (SSSR count). The van der Waals surface area contributed by atoms with E-state index in [0.29, 0.717) is 22.6 Å². The van der Waals surface area contributed by atoms with Crippen LogP contribution in [0.4, 0.5) is 19.3 Å². The van der Waals surface area contributed by atoms with Gasteiger partial charge in [0, 0.05) is 43.0 Å². The summed E-state index contributed by atoms with van der Waals surface area (Å²) < 4.78 is 85.7. The molecule has 2 atom stereocenters. The molecule has 2 aromatic heterocycles. The number of nitrogens with zero attached hydrogens (tertiary/aromatic N) is 7. The Morgan fingerprint density at radius 3 is 1.39 bits per heavy atom. The summed E-state index contributed by atoms with van der Waals surface area (Å²) in [5.41, 5.74) is 4.66. The Hall–Kier alpha value is -4.94. The van der Waals surface area contributed by atoms with Gasteiger partial charge in [0.1, 0.15) is 17.4 Å². The van der Waals surface area contributed by atoms with Crippen LogP contribution < -0.4 is 19.9 Å². The lowest BCUT2D eigenvalue weighted by Gasteiger charge is -2.22. The van der Waals surface area contributed by atoms with Gasteiger partial charge in [-0.15, -0.1) is 5.26 Å². The van der Waals surface area contributed by atoms with Crippen molar-refractivity contribution in [2.75, 3.05) is 33.5 Å². The first-order chi connectivity index (χ1) is 29.5. The van der Waals surface area contributed by atoms with Crippen molar-refractivity contribution in [3.63, 3.8) is 0 Å². The molecule has 0 aliphatic heterocycles. The third-order valence-corrected chi connectivity index (χ3v) is 12.4. The number of benzene rings is 2. The molecule has 64 heavy (non-hydrogen) atoms. The van der Waals surface area contributed by atoms with E-state index in [9.17, 15) is 30.4 Å². The van der Waals surface area contributed by atoms with Crippen molar-refractivity contribution in [2.45, 2.75) is 128 Å². The summed E-state index contributed by atoms with van der Waals surface area (Å²) in [6, 6.07) is 7.78. The van der Waals surface area contributed by atoms with E-state index in [4.69, 9.17) is 15.1 Å². The number of aromatic nitrogens is 4. The van der Waals surface area contributed by atoms with Gasteiger partial charge in [-0.1, -0.05) is 69.2 Å². The van der Waals surface area contributed by atoms with Crippen LogP contribution in [0.1, 0.15) is 151 Å². The van der Waals surface area contributed by atoms with Crippen molar-refractivity contribution < 1.29 is 35.1 Å². The quantitative estimate of drug-likeness (QED) is 0.0965. The van der Waals surface area contributed by atoms with Crippen LogP contribution in [0, 0.1) is 23.2 Å². The van der Waals surface area contributed by atoms with Gasteiger partial charge in [-0.2, -0.15) is 18.6 Å². The topological polar surface area (TPSA) is 211 Å². The highest BCUT2D eigenvalue weighted by atomic mass is 32.2. The van der Waals surface area contributed by atoms with Crippen molar-refractivity contribution >= 4 is 31.8 Å². The van der Waals surface area contributed by atoms with Gasteiger partial charge in [0.25, 0.3) is 26.3 Å². The minimum Gasteiger partial charge on any atom is -0.387 e. The first-order valence-corrected chi connectivity index (χ1v) is 24.0. The molecule has 0 saturated carbocycles. The number of carbonyl (C=O) groups is 1. The molecule has 0 saturated heterocycles. The van der Waals surface area contributed by atoms with E-state index >= 15 is 0 Å². The van der Waals surface area contributed by atoms with Gasteiger partial charge in [0.2, 0.25) is 0 Å². The molecule has 20 heteroatoms. The van der Waals surface area contributed by atoms with Crippen LogP contribution in [0.25, 0.3) is 0 Å². The number of nitriles is 1. The zero-order valence-electron chi connectivity index (χ0n) is 40.1. The summed E-state index contributed by atoms with van der Waals surface area (Å²) in [5.74, 6) is -0.0843. The van der Waals surface area contributed by atoms with E-state index in [0.717, 1.165) is 35.4 Å². The van der Waals surface area contributed by atoms with Gasteiger partial charge in [-0.05, 0) is 100 Å². The molecule has 4 N–H and O–H groups in total. The summed E-state index contributed by atoms with van der Waals surface area (Å²) in [6.07, 6.45) is 3.31. The van der Waals surface area contributed by atoms with Crippen molar-refractivity contribution in [3.05, 3.63) is 81.7 Å². The number of sulfonamides is 2. The van der Waals surface area contributed by atoms with Crippen molar-refractivity contribution in [1.29, 1.82) is 5.26 Å². The number of nitrogens with one attached hydrogen (secondary N) is 2. The number of hydrogen-bond acceptors (Lipinski definition) is 11. The summed E-state index contributed by atoms with van der Waals surface area (Å²) in [5, 5.41) is 24.0. The Kier molecular flexibility index (Phi) is 20.1. The van der Waals surface area contributed by atoms with Crippen LogP contribution >= 0.6 is 0 Å². The predicted molar refractivity (Wildman–Crippen MR) is 246 cm³/mol. The van der Waals surface area contributed by atoms with E-state index in [1.165, 1.54) is 41.1 Å². The summed E-state index contributed by atoms with van der Waals surface area (Å²) in [4.78, 5) is 16.7. The van der Waals surface area contributed by atoms with Gasteiger partial charge < -0.3 is 19.9 Å². The van der Waals surface area contributed by atoms with Crippen molar-refractivity contribution in [1.82, 2.24) is 34.1 Å². The number of amides is 2. The number of nitrogens with two attached hydrogens (primary N) is 1. The molecule has 0 bridgehead atoms. The first kappa shape index (κ1) is 55.2. The lowest BCUT2D eigenvalue weighted by Crippen LogP contribution is -2.35.